The fraction of sp³-hybridized carbons (Fsp3) is 0.0526. The normalized spacial score (nSPS) is 10.4. The molecule has 5 N–H and O–H groups in total. The number of hydrogen-bond acceptors (Lipinski definition) is 8. The minimum atomic E-state index is -0.741. The number of nitrogens with zero attached hydrogens (tertiary/aromatic N) is 2. The highest BCUT2D eigenvalue weighted by Gasteiger charge is 2.15. The molecule has 3 rings (SSSR count). The van der Waals surface area contributed by atoms with Gasteiger partial charge in [0.15, 0.2) is 11.0 Å². The fourth-order valence-electron chi connectivity index (χ4n) is 2.47. The van der Waals surface area contributed by atoms with Crippen LogP contribution in [0.1, 0.15) is 10.4 Å². The van der Waals surface area contributed by atoms with Gasteiger partial charge in [-0.1, -0.05) is 17.8 Å². The fourth-order valence-corrected chi connectivity index (χ4v) is 3.14. The van der Waals surface area contributed by atoms with Gasteiger partial charge in [-0.2, -0.15) is 0 Å². The lowest BCUT2D eigenvalue weighted by Crippen LogP contribution is -2.23. The Morgan fingerprint density at radius 3 is 2.56 bits per heavy atom. The van der Waals surface area contributed by atoms with Gasteiger partial charge in [0.1, 0.15) is 11.5 Å². The summed E-state index contributed by atoms with van der Waals surface area (Å²) in [6.07, 6.45) is 0. The molecule has 1 heterocycles. The summed E-state index contributed by atoms with van der Waals surface area (Å²) in [5.41, 5.74) is 4.91. The topological polar surface area (TPSA) is 173 Å². The van der Waals surface area contributed by atoms with E-state index in [0.717, 1.165) is 23.9 Å². The molecule has 0 atom stereocenters. The number of thioether (sulfide) groups is 1. The predicted octanol–water partition coefficient (Wildman–Crippen LogP) is 2.38. The number of nitrogens with one attached hydrogen (secondary N) is 3. The summed E-state index contributed by atoms with van der Waals surface area (Å²) in [5.74, 6) is -2.14. The van der Waals surface area contributed by atoms with Crippen molar-refractivity contribution in [2.45, 2.75) is 5.16 Å². The molecule has 2 amide bonds. The molecule has 0 bridgehead atoms. The highest BCUT2D eigenvalue weighted by Crippen LogP contribution is 2.20. The highest BCUT2D eigenvalue weighted by atomic mass is 32.2. The molecular formula is C19H15FN6O5S. The van der Waals surface area contributed by atoms with Gasteiger partial charge in [0.25, 0.3) is 17.2 Å². The minimum absolute atomic E-state index is 0.0291. The number of nitrogens with two attached hydrogens (primary N) is 1. The minimum Gasteiger partial charge on any atom is -0.382 e. The smallest absolute Gasteiger partial charge is 0.277 e. The lowest BCUT2D eigenvalue weighted by molar-refractivity contribution is -0.384. The van der Waals surface area contributed by atoms with E-state index >= 15 is 0 Å². The summed E-state index contributed by atoms with van der Waals surface area (Å²) in [7, 11) is 0. The van der Waals surface area contributed by atoms with Gasteiger partial charge in [0.05, 0.1) is 10.7 Å². The zero-order valence-electron chi connectivity index (χ0n) is 16.1. The number of amides is 2. The summed E-state index contributed by atoms with van der Waals surface area (Å²) in [4.78, 5) is 53.1. The molecule has 164 valence electrons. The molecule has 0 aliphatic heterocycles. The number of nitro benzene ring substituents is 1. The molecule has 3 aromatic rings. The Labute approximate surface area is 183 Å². The van der Waals surface area contributed by atoms with Gasteiger partial charge >= 0.3 is 0 Å². The van der Waals surface area contributed by atoms with E-state index in [9.17, 15) is 28.9 Å². The van der Waals surface area contributed by atoms with Crippen molar-refractivity contribution < 1.29 is 18.9 Å². The van der Waals surface area contributed by atoms with Crippen molar-refractivity contribution in [2.24, 2.45) is 0 Å². The molecule has 11 nitrogen and oxygen atoms in total. The first kappa shape index (κ1) is 22.4. The number of aromatic nitrogens is 2. The van der Waals surface area contributed by atoms with E-state index in [-0.39, 0.29) is 39.4 Å². The van der Waals surface area contributed by atoms with E-state index in [2.05, 4.69) is 20.6 Å². The van der Waals surface area contributed by atoms with E-state index in [1.165, 1.54) is 36.4 Å². The molecule has 13 heteroatoms. The van der Waals surface area contributed by atoms with E-state index in [0.29, 0.717) is 0 Å². The number of hydrogen-bond donors (Lipinski definition) is 4. The van der Waals surface area contributed by atoms with Crippen molar-refractivity contribution in [1.29, 1.82) is 0 Å². The van der Waals surface area contributed by atoms with Crippen LogP contribution in [0.3, 0.4) is 0 Å². The third-order valence-corrected chi connectivity index (χ3v) is 4.82. The molecule has 2 aromatic carbocycles. The summed E-state index contributed by atoms with van der Waals surface area (Å²) < 4.78 is 13.0. The number of nitrogen functional groups attached to an aromatic ring is 1. The highest BCUT2D eigenvalue weighted by molar-refractivity contribution is 7.99. The number of rotatable bonds is 7. The van der Waals surface area contributed by atoms with Gasteiger partial charge in [-0.05, 0) is 30.3 Å². The van der Waals surface area contributed by atoms with Crippen LogP contribution in [0, 0.1) is 15.9 Å². The Kier molecular flexibility index (Phi) is 6.80. The van der Waals surface area contributed by atoms with Gasteiger partial charge in [-0.25, -0.2) is 9.37 Å². The van der Waals surface area contributed by atoms with E-state index in [1.807, 2.05) is 0 Å². The Balaban J connectivity index is 1.63. The van der Waals surface area contributed by atoms with Gasteiger partial charge in [0, 0.05) is 23.4 Å². The maximum absolute atomic E-state index is 13.0. The number of non-ortho nitro benzene ring substituents is 1. The van der Waals surface area contributed by atoms with E-state index in [4.69, 9.17) is 5.73 Å². The number of H-pyrrole nitrogens is 1. The van der Waals surface area contributed by atoms with E-state index in [1.54, 1.807) is 0 Å². The van der Waals surface area contributed by atoms with Crippen molar-refractivity contribution in [3.63, 3.8) is 0 Å². The molecule has 0 radical (unpaired) electrons. The first-order valence-electron chi connectivity index (χ1n) is 8.87. The largest absolute Gasteiger partial charge is 0.382 e. The first-order chi connectivity index (χ1) is 15.2. The predicted molar refractivity (Wildman–Crippen MR) is 116 cm³/mol. The van der Waals surface area contributed by atoms with Crippen LogP contribution in [-0.2, 0) is 4.79 Å². The number of benzene rings is 2. The van der Waals surface area contributed by atoms with Gasteiger partial charge in [-0.3, -0.25) is 29.5 Å². The summed E-state index contributed by atoms with van der Waals surface area (Å²) in [6, 6.07) is 10.1. The van der Waals surface area contributed by atoms with Crippen molar-refractivity contribution in [1.82, 2.24) is 9.97 Å². The Bertz CT molecular complexity index is 1250. The Hall–Kier alpha value is -4.26. The van der Waals surface area contributed by atoms with Crippen LogP contribution < -0.4 is 21.9 Å². The number of anilines is 3. The van der Waals surface area contributed by atoms with Crippen LogP contribution in [0.4, 0.5) is 27.3 Å². The van der Waals surface area contributed by atoms with Crippen LogP contribution >= 0.6 is 11.8 Å². The SMILES string of the molecule is Nc1nc(SCC(=O)Nc2cccc([N+](=O)[O-])c2)[nH]c(=O)c1NC(=O)c1ccc(F)cc1. The second-order valence-electron chi connectivity index (χ2n) is 6.24. The molecule has 0 saturated carbocycles. The third-order valence-electron chi connectivity index (χ3n) is 3.95. The summed E-state index contributed by atoms with van der Waals surface area (Å²) >= 11 is 0.865. The van der Waals surface area contributed by atoms with Crippen molar-refractivity contribution in [3.05, 3.63) is 80.4 Å². The molecule has 0 saturated heterocycles. The van der Waals surface area contributed by atoms with Crippen LogP contribution in [-0.4, -0.2) is 32.5 Å². The van der Waals surface area contributed by atoms with Gasteiger partial charge < -0.3 is 16.4 Å². The van der Waals surface area contributed by atoms with Crippen LogP contribution in [0.2, 0.25) is 0 Å². The first-order valence-corrected chi connectivity index (χ1v) is 9.85. The van der Waals surface area contributed by atoms with Crippen molar-refractivity contribution >= 4 is 46.5 Å². The third kappa shape index (κ3) is 5.66. The quantitative estimate of drug-likeness (QED) is 0.181. The Morgan fingerprint density at radius 2 is 1.91 bits per heavy atom. The maximum Gasteiger partial charge on any atom is 0.277 e. The second-order valence-corrected chi connectivity index (χ2v) is 7.20. The second kappa shape index (κ2) is 9.70. The standard InChI is InChI=1S/C19H15FN6O5S/c20-11-6-4-10(5-7-11)17(28)23-15-16(21)24-19(25-18(15)29)32-9-14(27)22-12-2-1-3-13(8-12)26(30)31/h1-8H,9H2,(H,22,27)(H,23,28)(H3,21,24,25,29). The van der Waals surface area contributed by atoms with Crippen molar-refractivity contribution in [3.8, 4) is 0 Å². The zero-order valence-corrected chi connectivity index (χ0v) is 16.9. The molecule has 0 aliphatic rings. The van der Waals surface area contributed by atoms with Crippen LogP contribution in [0.15, 0.2) is 58.5 Å². The molecule has 1 aromatic heterocycles. The number of nitro groups is 1. The summed E-state index contributed by atoms with van der Waals surface area (Å²) in [6.45, 7) is 0. The van der Waals surface area contributed by atoms with E-state index < -0.39 is 28.1 Å². The van der Waals surface area contributed by atoms with Crippen molar-refractivity contribution in [2.75, 3.05) is 22.1 Å². The van der Waals surface area contributed by atoms with Crippen LogP contribution in [0.5, 0.6) is 0 Å². The van der Waals surface area contributed by atoms with Gasteiger partial charge in [-0.15, -0.1) is 0 Å². The van der Waals surface area contributed by atoms with Gasteiger partial charge in [0.2, 0.25) is 5.91 Å². The number of carbonyl (C=O) groups excluding carboxylic acids is 2. The lowest BCUT2D eigenvalue weighted by Gasteiger charge is -2.09. The molecule has 0 unspecified atom stereocenters. The molecule has 0 fully saturated rings. The number of carbonyl (C=O) groups is 2. The average molecular weight is 458 g/mol. The Morgan fingerprint density at radius 1 is 1.19 bits per heavy atom. The monoisotopic (exact) mass is 458 g/mol. The molecular weight excluding hydrogens is 443 g/mol. The summed E-state index contributed by atoms with van der Waals surface area (Å²) in [5, 5.41) is 15.6. The molecule has 0 spiro atoms. The number of halogens is 1. The maximum atomic E-state index is 13.0. The zero-order chi connectivity index (χ0) is 23.3. The lowest BCUT2D eigenvalue weighted by atomic mass is 10.2. The molecule has 0 aliphatic carbocycles. The number of aromatic amines is 1. The van der Waals surface area contributed by atoms with Crippen LogP contribution in [0.25, 0.3) is 0 Å². The average Bonchev–Trinajstić information content (AvgIpc) is 2.75. The molecule has 32 heavy (non-hydrogen) atoms.